The zero-order chi connectivity index (χ0) is 20.2. The lowest BCUT2D eigenvalue weighted by molar-refractivity contribution is -0.117. The molecule has 29 heavy (non-hydrogen) atoms. The van der Waals surface area contributed by atoms with Gasteiger partial charge in [0.15, 0.2) is 5.82 Å². The molecule has 1 aliphatic carbocycles. The summed E-state index contributed by atoms with van der Waals surface area (Å²) in [6.45, 7) is -0.440. The highest BCUT2D eigenvalue weighted by atomic mass is 32.1. The highest BCUT2D eigenvalue weighted by Gasteiger charge is 2.40. The van der Waals surface area contributed by atoms with Crippen molar-refractivity contribution in [2.75, 3.05) is 18.4 Å². The predicted octanol–water partition coefficient (Wildman–Crippen LogP) is 3.89. The number of carbonyl (C=O) groups is 2. The highest BCUT2D eigenvalue weighted by molar-refractivity contribution is 7.12. The lowest BCUT2D eigenvalue weighted by atomic mass is 10.1. The van der Waals surface area contributed by atoms with E-state index in [1.807, 2.05) is 28.1 Å². The molecular weight excluding hydrogens is 398 g/mol. The van der Waals surface area contributed by atoms with Crippen molar-refractivity contribution >= 4 is 34.6 Å². The number of hydrogen-bond donors (Lipinski definition) is 1. The fraction of sp³-hybridized carbons (Fsp3) is 0.350. The van der Waals surface area contributed by atoms with Crippen molar-refractivity contribution in [1.29, 1.82) is 0 Å². The number of carbonyl (C=O) groups excluding carboxylic acids is 2. The molecule has 2 fully saturated rings. The Balaban J connectivity index is 1.35. The van der Waals surface area contributed by atoms with Gasteiger partial charge in [0.2, 0.25) is 5.91 Å². The van der Waals surface area contributed by atoms with Crippen molar-refractivity contribution in [1.82, 2.24) is 14.3 Å². The van der Waals surface area contributed by atoms with Gasteiger partial charge in [0.25, 0.3) is 11.8 Å². The van der Waals surface area contributed by atoms with E-state index in [0.29, 0.717) is 16.3 Å². The minimum absolute atomic E-state index is 0.00195. The first kappa shape index (κ1) is 18.2. The van der Waals surface area contributed by atoms with Crippen LogP contribution in [-0.4, -0.2) is 45.1 Å². The Hall–Kier alpha value is -2.81. The Labute approximate surface area is 169 Å². The number of imidazole rings is 1. The Morgan fingerprint density at radius 2 is 2.03 bits per heavy atom. The van der Waals surface area contributed by atoms with E-state index >= 15 is 0 Å². The summed E-state index contributed by atoms with van der Waals surface area (Å²) >= 11 is 1.25. The maximum absolute atomic E-state index is 13.4. The number of rotatable bonds is 4. The van der Waals surface area contributed by atoms with Gasteiger partial charge >= 0.3 is 0 Å². The van der Waals surface area contributed by atoms with Crippen LogP contribution in [0.3, 0.4) is 0 Å². The first-order valence-corrected chi connectivity index (χ1v) is 10.3. The first-order chi connectivity index (χ1) is 13.9. The van der Waals surface area contributed by atoms with Crippen molar-refractivity contribution in [2.45, 2.75) is 25.2 Å². The zero-order valence-electron chi connectivity index (χ0n) is 15.4. The molecule has 2 aliphatic rings. The van der Waals surface area contributed by atoms with E-state index in [1.165, 1.54) is 16.2 Å². The number of aromatic nitrogens is 2. The zero-order valence-corrected chi connectivity index (χ0v) is 16.2. The SMILES string of the molecule is O=C(Nc1cn2cc(-c3csc(C(=O)N4CCC(F)(F)C4)c3)ccc2n1)C1CC1. The Kier molecular flexibility index (Phi) is 4.16. The summed E-state index contributed by atoms with van der Waals surface area (Å²) in [5.41, 5.74) is 2.41. The maximum atomic E-state index is 13.4. The lowest BCUT2D eigenvalue weighted by Gasteiger charge is -2.14. The average molecular weight is 416 g/mol. The number of amides is 2. The summed E-state index contributed by atoms with van der Waals surface area (Å²) in [6, 6.07) is 5.45. The predicted molar refractivity (Wildman–Crippen MR) is 105 cm³/mol. The summed E-state index contributed by atoms with van der Waals surface area (Å²) in [5.74, 6) is -2.54. The second-order valence-electron chi connectivity index (χ2n) is 7.61. The third-order valence-corrected chi connectivity index (χ3v) is 6.17. The van der Waals surface area contributed by atoms with Crippen LogP contribution in [0.4, 0.5) is 14.6 Å². The van der Waals surface area contributed by atoms with Crippen LogP contribution in [0.1, 0.15) is 28.9 Å². The first-order valence-electron chi connectivity index (χ1n) is 9.44. The van der Waals surface area contributed by atoms with E-state index in [2.05, 4.69) is 10.3 Å². The smallest absolute Gasteiger partial charge is 0.267 e. The second kappa shape index (κ2) is 6.62. The molecule has 2 amide bonds. The molecule has 5 rings (SSSR count). The van der Waals surface area contributed by atoms with Crippen LogP contribution in [0.5, 0.6) is 0 Å². The molecule has 1 saturated carbocycles. The molecule has 1 saturated heterocycles. The quantitative estimate of drug-likeness (QED) is 0.702. The summed E-state index contributed by atoms with van der Waals surface area (Å²) in [6.07, 6.45) is 5.20. The summed E-state index contributed by atoms with van der Waals surface area (Å²) in [7, 11) is 0. The summed E-state index contributed by atoms with van der Waals surface area (Å²) in [5, 5.41) is 4.67. The highest BCUT2D eigenvalue weighted by Crippen LogP contribution is 2.32. The van der Waals surface area contributed by atoms with Crippen LogP contribution in [0, 0.1) is 5.92 Å². The molecule has 6 nitrogen and oxygen atoms in total. The number of nitrogens with one attached hydrogen (secondary N) is 1. The van der Waals surface area contributed by atoms with Gasteiger partial charge in [-0.3, -0.25) is 9.59 Å². The van der Waals surface area contributed by atoms with Gasteiger partial charge in [0.1, 0.15) is 5.65 Å². The molecule has 4 heterocycles. The number of pyridine rings is 1. The monoisotopic (exact) mass is 416 g/mol. The van der Waals surface area contributed by atoms with Crippen LogP contribution < -0.4 is 5.32 Å². The fourth-order valence-electron chi connectivity index (χ4n) is 3.46. The molecule has 0 spiro atoms. The maximum Gasteiger partial charge on any atom is 0.267 e. The van der Waals surface area contributed by atoms with Gasteiger partial charge in [-0.2, -0.15) is 0 Å². The van der Waals surface area contributed by atoms with E-state index in [1.54, 1.807) is 12.3 Å². The Morgan fingerprint density at radius 1 is 1.21 bits per heavy atom. The van der Waals surface area contributed by atoms with Crippen molar-refractivity contribution in [3.63, 3.8) is 0 Å². The van der Waals surface area contributed by atoms with Crippen molar-refractivity contribution < 1.29 is 18.4 Å². The molecule has 1 aliphatic heterocycles. The van der Waals surface area contributed by atoms with E-state index < -0.39 is 12.5 Å². The van der Waals surface area contributed by atoms with Gasteiger partial charge in [0, 0.05) is 25.1 Å². The molecular formula is C20H18F2N4O2S. The minimum Gasteiger partial charge on any atom is -0.332 e. The number of alkyl halides is 2. The Bertz CT molecular complexity index is 1120. The van der Waals surface area contributed by atoms with Gasteiger partial charge in [-0.25, -0.2) is 13.8 Å². The van der Waals surface area contributed by atoms with E-state index in [-0.39, 0.29) is 30.7 Å². The van der Waals surface area contributed by atoms with E-state index in [9.17, 15) is 18.4 Å². The minimum atomic E-state index is -2.80. The van der Waals surface area contributed by atoms with Crippen LogP contribution in [-0.2, 0) is 4.79 Å². The third kappa shape index (κ3) is 3.62. The molecule has 0 aromatic carbocycles. The molecule has 0 radical (unpaired) electrons. The van der Waals surface area contributed by atoms with Crippen LogP contribution in [0.15, 0.2) is 36.0 Å². The fourth-order valence-corrected chi connectivity index (χ4v) is 4.34. The van der Waals surface area contributed by atoms with Gasteiger partial charge in [-0.1, -0.05) is 0 Å². The number of thiophene rings is 1. The molecule has 3 aromatic rings. The van der Waals surface area contributed by atoms with Gasteiger partial charge in [0.05, 0.1) is 17.6 Å². The number of nitrogens with zero attached hydrogens (tertiary/aromatic N) is 3. The van der Waals surface area contributed by atoms with Crippen LogP contribution >= 0.6 is 11.3 Å². The molecule has 3 aromatic heterocycles. The molecule has 150 valence electrons. The van der Waals surface area contributed by atoms with Gasteiger partial charge in [-0.05, 0) is 47.5 Å². The Morgan fingerprint density at radius 3 is 2.76 bits per heavy atom. The normalized spacial score (nSPS) is 18.3. The molecule has 0 bridgehead atoms. The molecule has 0 unspecified atom stereocenters. The summed E-state index contributed by atoms with van der Waals surface area (Å²) < 4.78 is 28.6. The van der Waals surface area contributed by atoms with Gasteiger partial charge < -0.3 is 14.6 Å². The number of hydrogen-bond acceptors (Lipinski definition) is 4. The van der Waals surface area contributed by atoms with Crippen LogP contribution in [0.2, 0.25) is 0 Å². The molecule has 1 N–H and O–H groups in total. The number of fused-ring (bicyclic) bond motifs is 1. The van der Waals surface area contributed by atoms with Crippen LogP contribution in [0.25, 0.3) is 16.8 Å². The number of likely N-dealkylation sites (tertiary alicyclic amines) is 1. The third-order valence-electron chi connectivity index (χ3n) is 5.25. The topological polar surface area (TPSA) is 66.7 Å². The number of anilines is 1. The lowest BCUT2D eigenvalue weighted by Crippen LogP contribution is -2.30. The van der Waals surface area contributed by atoms with Crippen molar-refractivity contribution in [3.05, 3.63) is 40.8 Å². The van der Waals surface area contributed by atoms with E-state index in [0.717, 1.165) is 24.0 Å². The van der Waals surface area contributed by atoms with Crippen molar-refractivity contribution in [2.24, 2.45) is 5.92 Å². The second-order valence-corrected chi connectivity index (χ2v) is 8.52. The van der Waals surface area contributed by atoms with Gasteiger partial charge in [-0.15, -0.1) is 11.3 Å². The summed E-state index contributed by atoms with van der Waals surface area (Å²) in [4.78, 5) is 30.5. The van der Waals surface area contributed by atoms with Crippen molar-refractivity contribution in [3.8, 4) is 11.1 Å². The average Bonchev–Trinajstić information content (AvgIpc) is 3.11. The van der Waals surface area contributed by atoms with E-state index in [4.69, 9.17) is 0 Å². The standard InChI is InChI=1S/C20H18F2N4O2S/c21-20(22)5-6-25(11-20)19(28)15-7-14(10-29-15)13-3-4-17-23-16(9-26(17)8-13)24-18(27)12-1-2-12/h3-4,7-10,12H,1-2,5-6,11H2,(H,24,27). The number of halogens is 2. The largest absolute Gasteiger partial charge is 0.332 e. The molecule has 0 atom stereocenters. The molecule has 9 heteroatoms.